The van der Waals surface area contributed by atoms with Gasteiger partial charge in [-0.05, 0) is 17.5 Å². The lowest BCUT2D eigenvalue weighted by molar-refractivity contribution is -0.147. The number of hydrogen-bond acceptors (Lipinski definition) is 3. The van der Waals surface area contributed by atoms with Crippen molar-refractivity contribution in [2.75, 3.05) is 6.54 Å². The highest BCUT2D eigenvalue weighted by Gasteiger charge is 2.47. The third-order valence-corrected chi connectivity index (χ3v) is 8.98. The fourth-order valence-electron chi connectivity index (χ4n) is 4.38. The number of nitrogens with zero attached hydrogens (tertiary/aromatic N) is 1. The van der Waals surface area contributed by atoms with Gasteiger partial charge in [-0.3, -0.25) is 4.84 Å². The molecule has 0 aromatic heterocycles. The molecule has 0 spiro atoms. The van der Waals surface area contributed by atoms with Gasteiger partial charge in [-0.15, -0.1) is 0 Å². The third kappa shape index (κ3) is 2.78. The summed E-state index contributed by atoms with van der Waals surface area (Å²) in [6.45, 7) is 0.849. The fraction of sp³-hybridized carbons (Fsp3) is 0.217. The molecule has 0 radical (unpaired) electrons. The highest BCUT2D eigenvalue weighted by Crippen LogP contribution is 2.56. The molecule has 5 rings (SSSR count). The SMILES string of the molecule is O=P(c1ccccc1)(c1ccccc1)[C@H]1C[C@H]2c3ccccc3CCN2O1. The maximum Gasteiger partial charge on any atom is 0.172 e. The summed E-state index contributed by atoms with van der Waals surface area (Å²) >= 11 is 0. The minimum absolute atomic E-state index is 0.181. The molecule has 3 aromatic carbocycles. The summed E-state index contributed by atoms with van der Waals surface area (Å²) in [6.07, 6.45) is 1.72. The zero-order valence-corrected chi connectivity index (χ0v) is 16.0. The maximum absolute atomic E-state index is 14.5. The first-order chi connectivity index (χ1) is 13.3. The standard InChI is InChI=1S/C23H22NO2P/c25-27(19-10-3-1-4-11-19,20-12-5-2-6-13-20)23-17-22-21-14-8-7-9-18(21)15-16-24(22)26-23/h1-14,22-23H,15-17H2/t22-,23-/m0/s1. The average Bonchev–Trinajstić information content (AvgIpc) is 3.20. The van der Waals surface area contributed by atoms with Crippen LogP contribution in [0.15, 0.2) is 84.9 Å². The van der Waals surface area contributed by atoms with E-state index in [9.17, 15) is 4.57 Å². The molecule has 0 amide bonds. The van der Waals surface area contributed by atoms with Crippen molar-refractivity contribution < 1.29 is 9.40 Å². The molecule has 2 heterocycles. The van der Waals surface area contributed by atoms with Gasteiger partial charge in [0.2, 0.25) is 0 Å². The predicted molar refractivity (Wildman–Crippen MR) is 109 cm³/mol. The molecule has 0 bridgehead atoms. The summed E-state index contributed by atoms with van der Waals surface area (Å²) in [7, 11) is -2.92. The summed E-state index contributed by atoms with van der Waals surface area (Å²) in [5, 5.41) is 3.80. The molecule has 3 nitrogen and oxygen atoms in total. The Morgan fingerprint density at radius 3 is 2.07 bits per heavy atom. The lowest BCUT2D eigenvalue weighted by atomic mass is 9.93. The van der Waals surface area contributed by atoms with Crippen LogP contribution in [0.25, 0.3) is 0 Å². The zero-order chi connectivity index (χ0) is 18.3. The van der Waals surface area contributed by atoms with Gasteiger partial charge in [0.1, 0.15) is 5.85 Å². The molecule has 2 atom stereocenters. The van der Waals surface area contributed by atoms with Crippen molar-refractivity contribution in [1.29, 1.82) is 0 Å². The van der Waals surface area contributed by atoms with E-state index in [1.165, 1.54) is 11.1 Å². The minimum Gasteiger partial charge on any atom is -0.311 e. The monoisotopic (exact) mass is 375 g/mol. The van der Waals surface area contributed by atoms with Gasteiger partial charge in [-0.1, -0.05) is 84.9 Å². The molecular weight excluding hydrogens is 353 g/mol. The molecule has 1 fully saturated rings. The Morgan fingerprint density at radius 1 is 0.815 bits per heavy atom. The van der Waals surface area contributed by atoms with E-state index in [2.05, 4.69) is 29.3 Å². The van der Waals surface area contributed by atoms with Gasteiger partial charge in [0.05, 0.1) is 6.04 Å². The van der Waals surface area contributed by atoms with Gasteiger partial charge < -0.3 is 4.57 Å². The van der Waals surface area contributed by atoms with Crippen LogP contribution in [0, 0.1) is 0 Å². The lowest BCUT2D eigenvalue weighted by Gasteiger charge is -2.30. The molecular formula is C23H22NO2P. The first kappa shape index (κ1) is 16.9. The summed E-state index contributed by atoms with van der Waals surface area (Å²) in [4.78, 5) is 6.37. The van der Waals surface area contributed by atoms with Crippen LogP contribution in [0.5, 0.6) is 0 Å². The molecule has 4 heteroatoms. The van der Waals surface area contributed by atoms with E-state index in [-0.39, 0.29) is 11.9 Å². The molecule has 0 saturated carbocycles. The van der Waals surface area contributed by atoms with E-state index in [1.54, 1.807) is 0 Å². The summed E-state index contributed by atoms with van der Waals surface area (Å²) < 4.78 is 14.5. The average molecular weight is 375 g/mol. The summed E-state index contributed by atoms with van der Waals surface area (Å²) in [5.74, 6) is -0.335. The Bertz CT molecular complexity index is 946. The Kier molecular flexibility index (Phi) is 4.24. The second kappa shape index (κ2) is 6.76. The van der Waals surface area contributed by atoms with Gasteiger partial charge in [0.15, 0.2) is 7.14 Å². The number of fused-ring (bicyclic) bond motifs is 3. The zero-order valence-electron chi connectivity index (χ0n) is 15.1. The second-order valence-corrected chi connectivity index (χ2v) is 10.2. The highest BCUT2D eigenvalue weighted by atomic mass is 31.2. The van der Waals surface area contributed by atoms with E-state index >= 15 is 0 Å². The van der Waals surface area contributed by atoms with E-state index in [0.29, 0.717) is 0 Å². The first-order valence-corrected chi connectivity index (χ1v) is 11.3. The first-order valence-electron chi connectivity index (χ1n) is 9.49. The minimum atomic E-state index is -2.92. The molecule has 2 aliphatic heterocycles. The van der Waals surface area contributed by atoms with Crippen LogP contribution in [-0.2, 0) is 15.8 Å². The van der Waals surface area contributed by atoms with Crippen molar-refractivity contribution in [3.63, 3.8) is 0 Å². The molecule has 0 N–H and O–H groups in total. The molecule has 1 saturated heterocycles. The topological polar surface area (TPSA) is 29.5 Å². The van der Waals surface area contributed by atoms with E-state index in [0.717, 1.165) is 30.0 Å². The van der Waals surface area contributed by atoms with Crippen LogP contribution in [0.3, 0.4) is 0 Å². The van der Waals surface area contributed by atoms with Crippen LogP contribution in [0.2, 0.25) is 0 Å². The second-order valence-electron chi connectivity index (χ2n) is 7.23. The van der Waals surface area contributed by atoms with Crippen molar-refractivity contribution in [3.8, 4) is 0 Å². The van der Waals surface area contributed by atoms with Crippen molar-refractivity contribution in [2.24, 2.45) is 0 Å². The molecule has 3 aromatic rings. The van der Waals surface area contributed by atoms with Crippen LogP contribution in [0.1, 0.15) is 23.6 Å². The number of hydrogen-bond donors (Lipinski definition) is 0. The van der Waals surface area contributed by atoms with Crippen LogP contribution in [0.4, 0.5) is 0 Å². The molecule has 2 aliphatic rings. The van der Waals surface area contributed by atoms with E-state index in [1.807, 2.05) is 60.7 Å². The Hall–Kier alpha value is -2.19. The molecule has 0 aliphatic carbocycles. The van der Waals surface area contributed by atoms with Gasteiger partial charge in [-0.25, -0.2) is 0 Å². The Morgan fingerprint density at radius 2 is 1.41 bits per heavy atom. The highest BCUT2D eigenvalue weighted by molar-refractivity contribution is 7.79. The molecule has 27 heavy (non-hydrogen) atoms. The largest absolute Gasteiger partial charge is 0.311 e. The quantitative estimate of drug-likeness (QED) is 0.641. The number of rotatable bonds is 3. The van der Waals surface area contributed by atoms with Crippen LogP contribution < -0.4 is 10.6 Å². The smallest absolute Gasteiger partial charge is 0.172 e. The van der Waals surface area contributed by atoms with Crippen molar-refractivity contribution in [2.45, 2.75) is 24.7 Å². The van der Waals surface area contributed by atoms with Gasteiger partial charge in [-0.2, -0.15) is 5.06 Å². The third-order valence-electron chi connectivity index (χ3n) is 5.73. The molecule has 0 unspecified atom stereocenters. The van der Waals surface area contributed by atoms with Crippen molar-refractivity contribution in [1.82, 2.24) is 5.06 Å². The van der Waals surface area contributed by atoms with Crippen LogP contribution >= 0.6 is 7.14 Å². The number of benzene rings is 3. The number of hydroxylamine groups is 2. The van der Waals surface area contributed by atoms with Crippen LogP contribution in [-0.4, -0.2) is 17.5 Å². The van der Waals surface area contributed by atoms with Gasteiger partial charge in [0, 0.05) is 23.6 Å². The molecule has 136 valence electrons. The summed E-state index contributed by atoms with van der Waals surface area (Å²) in [5.41, 5.74) is 2.70. The van der Waals surface area contributed by atoms with Crippen molar-refractivity contribution >= 4 is 17.8 Å². The van der Waals surface area contributed by atoms with Gasteiger partial charge in [0.25, 0.3) is 0 Å². The van der Waals surface area contributed by atoms with E-state index in [4.69, 9.17) is 4.84 Å². The lowest BCUT2D eigenvalue weighted by Crippen LogP contribution is -2.31. The van der Waals surface area contributed by atoms with E-state index < -0.39 is 7.14 Å². The predicted octanol–water partition coefficient (Wildman–Crippen LogP) is 4.26. The summed E-state index contributed by atoms with van der Waals surface area (Å²) in [6, 6.07) is 28.4. The normalized spacial score (nSPS) is 22.2. The Labute approximate surface area is 159 Å². The van der Waals surface area contributed by atoms with Crippen molar-refractivity contribution in [3.05, 3.63) is 96.1 Å². The Balaban J connectivity index is 1.58. The van der Waals surface area contributed by atoms with Gasteiger partial charge >= 0.3 is 0 Å². The maximum atomic E-state index is 14.5. The fourth-order valence-corrected chi connectivity index (χ4v) is 7.33.